The fourth-order valence-corrected chi connectivity index (χ4v) is 4.90. The highest BCUT2D eigenvalue weighted by Crippen LogP contribution is 2.36. The van der Waals surface area contributed by atoms with Crippen molar-refractivity contribution in [2.24, 2.45) is 10.9 Å². The number of hydrogen-bond donors (Lipinski definition) is 0. The van der Waals surface area contributed by atoms with Crippen molar-refractivity contribution in [2.45, 2.75) is 45.1 Å². The monoisotopic (exact) mass is 333 g/mol. The van der Waals surface area contributed by atoms with Gasteiger partial charge in [0.2, 0.25) is 0 Å². The number of benzene rings is 1. The van der Waals surface area contributed by atoms with Crippen LogP contribution in [0.5, 0.6) is 0 Å². The lowest BCUT2D eigenvalue weighted by molar-refractivity contribution is -0.384. The van der Waals surface area contributed by atoms with Gasteiger partial charge in [0.1, 0.15) is 0 Å². The third kappa shape index (κ3) is 3.52. The number of non-ortho nitro benzene ring substituents is 1. The van der Waals surface area contributed by atoms with E-state index in [1.807, 2.05) is 18.7 Å². The van der Waals surface area contributed by atoms with Crippen LogP contribution in [0.2, 0.25) is 0 Å². The highest BCUT2D eigenvalue weighted by molar-refractivity contribution is 8.14. The second kappa shape index (κ2) is 6.91. The van der Waals surface area contributed by atoms with Gasteiger partial charge in [-0.05, 0) is 37.3 Å². The van der Waals surface area contributed by atoms with Gasteiger partial charge in [-0.1, -0.05) is 31.0 Å². The lowest BCUT2D eigenvalue weighted by atomic mass is 9.84. The summed E-state index contributed by atoms with van der Waals surface area (Å²) in [5.41, 5.74) is 1.80. The molecule has 0 aromatic heterocycles. The minimum absolute atomic E-state index is 0.124. The maximum atomic E-state index is 10.8. The molecular formula is C17H23N3O2S. The van der Waals surface area contributed by atoms with Gasteiger partial charge in [-0.3, -0.25) is 10.1 Å². The summed E-state index contributed by atoms with van der Waals surface area (Å²) in [4.78, 5) is 17.6. The number of aryl methyl sites for hydroxylation is 1. The summed E-state index contributed by atoms with van der Waals surface area (Å²) < 4.78 is 0. The van der Waals surface area contributed by atoms with Crippen LogP contribution in [0.1, 0.15) is 37.7 Å². The van der Waals surface area contributed by atoms with E-state index in [-0.39, 0.29) is 10.6 Å². The van der Waals surface area contributed by atoms with E-state index in [1.165, 1.54) is 38.2 Å². The van der Waals surface area contributed by atoms with Gasteiger partial charge in [0.15, 0.2) is 5.17 Å². The van der Waals surface area contributed by atoms with E-state index < -0.39 is 0 Å². The summed E-state index contributed by atoms with van der Waals surface area (Å²) in [6.07, 6.45) is 6.75. The topological polar surface area (TPSA) is 58.7 Å². The fourth-order valence-electron chi connectivity index (χ4n) is 3.58. The molecule has 0 radical (unpaired) electrons. The number of thioether (sulfide) groups is 1. The Morgan fingerprint density at radius 1 is 1.30 bits per heavy atom. The van der Waals surface area contributed by atoms with Crippen molar-refractivity contribution in [3.8, 4) is 0 Å². The van der Waals surface area contributed by atoms with Crippen LogP contribution in [0, 0.1) is 23.0 Å². The molecule has 1 heterocycles. The SMILES string of the molecule is Cc1cc([N+](=O)[O-])ccc1N=C1SC[C@H](C2CCCCC2)N1C. The number of nitrogens with zero attached hydrogens (tertiary/aromatic N) is 3. The molecule has 23 heavy (non-hydrogen) atoms. The zero-order valence-electron chi connectivity index (χ0n) is 13.7. The number of aliphatic imine (C=N–C) groups is 1. The Kier molecular flexibility index (Phi) is 4.90. The van der Waals surface area contributed by atoms with E-state index in [1.54, 1.807) is 12.1 Å². The average Bonchev–Trinajstić information content (AvgIpc) is 2.91. The van der Waals surface area contributed by atoms with Gasteiger partial charge in [-0.2, -0.15) is 0 Å². The molecule has 2 fully saturated rings. The largest absolute Gasteiger partial charge is 0.350 e. The van der Waals surface area contributed by atoms with Crippen molar-refractivity contribution in [2.75, 3.05) is 12.8 Å². The van der Waals surface area contributed by atoms with E-state index in [9.17, 15) is 10.1 Å². The van der Waals surface area contributed by atoms with Crippen LogP contribution in [-0.4, -0.2) is 33.8 Å². The van der Waals surface area contributed by atoms with Crippen molar-refractivity contribution in [3.63, 3.8) is 0 Å². The van der Waals surface area contributed by atoms with Gasteiger partial charge in [-0.25, -0.2) is 4.99 Å². The van der Waals surface area contributed by atoms with Crippen LogP contribution in [-0.2, 0) is 0 Å². The molecule has 1 saturated carbocycles. The molecule has 6 heteroatoms. The Morgan fingerprint density at radius 2 is 2.04 bits per heavy atom. The first-order valence-corrected chi connectivity index (χ1v) is 9.24. The lowest BCUT2D eigenvalue weighted by Crippen LogP contribution is -2.37. The van der Waals surface area contributed by atoms with Crippen LogP contribution in [0.3, 0.4) is 0 Å². The second-order valence-corrected chi connectivity index (χ2v) is 7.50. The average molecular weight is 333 g/mol. The van der Waals surface area contributed by atoms with E-state index in [4.69, 9.17) is 4.99 Å². The molecule has 0 amide bonds. The number of hydrogen-bond acceptors (Lipinski definition) is 4. The summed E-state index contributed by atoms with van der Waals surface area (Å²) >= 11 is 1.81. The summed E-state index contributed by atoms with van der Waals surface area (Å²) in [6.45, 7) is 1.88. The summed E-state index contributed by atoms with van der Waals surface area (Å²) in [5, 5.41) is 11.9. The smallest absolute Gasteiger partial charge is 0.269 e. The minimum Gasteiger partial charge on any atom is -0.350 e. The molecule has 1 saturated heterocycles. The Bertz CT molecular complexity index is 626. The first-order chi connectivity index (χ1) is 11.1. The molecule has 5 nitrogen and oxygen atoms in total. The van der Waals surface area contributed by atoms with Crippen molar-refractivity contribution in [3.05, 3.63) is 33.9 Å². The van der Waals surface area contributed by atoms with Crippen molar-refractivity contribution < 1.29 is 4.92 Å². The maximum absolute atomic E-state index is 10.8. The van der Waals surface area contributed by atoms with Gasteiger partial charge in [0, 0.05) is 31.0 Å². The molecule has 124 valence electrons. The molecule has 2 aliphatic rings. The van der Waals surface area contributed by atoms with Gasteiger partial charge in [0.25, 0.3) is 5.69 Å². The van der Waals surface area contributed by atoms with E-state index in [0.29, 0.717) is 6.04 Å². The molecule has 1 aliphatic heterocycles. The van der Waals surface area contributed by atoms with E-state index in [0.717, 1.165) is 28.1 Å². The van der Waals surface area contributed by atoms with E-state index >= 15 is 0 Å². The summed E-state index contributed by atoms with van der Waals surface area (Å²) in [6, 6.07) is 5.46. The van der Waals surface area contributed by atoms with Crippen LogP contribution < -0.4 is 0 Å². The molecule has 1 aliphatic carbocycles. The maximum Gasteiger partial charge on any atom is 0.269 e. The highest BCUT2D eigenvalue weighted by atomic mass is 32.2. The molecule has 1 atom stereocenters. The van der Waals surface area contributed by atoms with Crippen LogP contribution in [0.25, 0.3) is 0 Å². The molecule has 1 aromatic carbocycles. The minimum atomic E-state index is -0.362. The quantitative estimate of drug-likeness (QED) is 0.603. The number of amidine groups is 1. The zero-order valence-corrected chi connectivity index (χ0v) is 14.5. The number of nitro groups is 1. The Labute approximate surface area is 141 Å². The van der Waals surface area contributed by atoms with Crippen molar-refractivity contribution in [1.29, 1.82) is 0 Å². The fraction of sp³-hybridized carbons (Fsp3) is 0.588. The third-order valence-electron chi connectivity index (χ3n) is 4.98. The van der Waals surface area contributed by atoms with Gasteiger partial charge < -0.3 is 4.90 Å². The normalized spacial score (nSPS) is 24.3. The number of nitro benzene ring substituents is 1. The predicted octanol–water partition coefficient (Wildman–Crippen LogP) is 4.52. The molecule has 0 spiro atoms. The first-order valence-electron chi connectivity index (χ1n) is 8.25. The summed E-state index contributed by atoms with van der Waals surface area (Å²) in [7, 11) is 2.14. The van der Waals surface area contributed by atoms with Crippen LogP contribution >= 0.6 is 11.8 Å². The molecule has 3 rings (SSSR count). The van der Waals surface area contributed by atoms with Crippen LogP contribution in [0.4, 0.5) is 11.4 Å². The summed E-state index contributed by atoms with van der Waals surface area (Å²) in [5.74, 6) is 1.89. The van der Waals surface area contributed by atoms with Gasteiger partial charge >= 0.3 is 0 Å². The van der Waals surface area contributed by atoms with Crippen LogP contribution in [0.15, 0.2) is 23.2 Å². The molecule has 1 aromatic rings. The van der Waals surface area contributed by atoms with Crippen molar-refractivity contribution in [1.82, 2.24) is 4.90 Å². The lowest BCUT2D eigenvalue weighted by Gasteiger charge is -2.32. The first kappa shape index (κ1) is 16.3. The number of rotatable bonds is 3. The van der Waals surface area contributed by atoms with E-state index in [2.05, 4.69) is 11.9 Å². The molecular weight excluding hydrogens is 310 g/mol. The van der Waals surface area contributed by atoms with Gasteiger partial charge in [-0.15, -0.1) is 0 Å². The zero-order chi connectivity index (χ0) is 16.4. The van der Waals surface area contributed by atoms with Crippen molar-refractivity contribution >= 4 is 28.3 Å². The predicted molar refractivity (Wildman–Crippen MR) is 95.5 cm³/mol. The highest BCUT2D eigenvalue weighted by Gasteiger charge is 2.34. The standard InChI is InChI=1S/C17H23N3O2S/c1-12-10-14(20(21)22)8-9-15(12)18-17-19(2)16(11-23-17)13-6-4-3-5-7-13/h8-10,13,16H,3-7,11H2,1-2H3/t16-/m1/s1. The van der Waals surface area contributed by atoms with Gasteiger partial charge in [0.05, 0.1) is 10.6 Å². The third-order valence-corrected chi connectivity index (χ3v) is 6.13. The second-order valence-electron chi connectivity index (χ2n) is 6.51. The molecule has 0 bridgehead atoms. The Balaban J connectivity index is 1.76. The Morgan fingerprint density at radius 3 is 2.70 bits per heavy atom. The molecule has 0 unspecified atom stereocenters. The molecule has 0 N–H and O–H groups in total. The Hall–Kier alpha value is -1.56.